The maximum Gasteiger partial charge on any atom is 0.337 e. The zero-order chi connectivity index (χ0) is 13.1. The summed E-state index contributed by atoms with van der Waals surface area (Å²) in [6.07, 6.45) is 4.51. The molecule has 0 aliphatic carbocycles. The summed E-state index contributed by atoms with van der Waals surface area (Å²) in [7, 11) is 0. The first-order chi connectivity index (χ1) is 8.67. The molecule has 0 bridgehead atoms. The molecule has 4 nitrogen and oxygen atoms in total. The average molecular weight is 246 g/mol. The third-order valence-corrected chi connectivity index (χ3v) is 3.22. The second-order valence-corrected chi connectivity index (χ2v) is 4.43. The van der Waals surface area contributed by atoms with E-state index in [0.29, 0.717) is 17.6 Å². The fourth-order valence-electron chi connectivity index (χ4n) is 2.22. The summed E-state index contributed by atoms with van der Waals surface area (Å²) in [6, 6.07) is 3.82. The van der Waals surface area contributed by atoms with Gasteiger partial charge in [-0.15, -0.1) is 0 Å². The highest BCUT2D eigenvalue weighted by molar-refractivity contribution is 6.03. The number of nitrogens with two attached hydrogens (primary N) is 1. The van der Waals surface area contributed by atoms with E-state index in [2.05, 4.69) is 11.1 Å². The predicted molar refractivity (Wildman–Crippen MR) is 72.0 cm³/mol. The summed E-state index contributed by atoms with van der Waals surface area (Å²) >= 11 is 0. The van der Waals surface area contributed by atoms with E-state index in [1.807, 2.05) is 13.1 Å². The van der Waals surface area contributed by atoms with Gasteiger partial charge in [-0.2, -0.15) is 0 Å². The first-order valence-electron chi connectivity index (χ1n) is 6.23. The highest BCUT2D eigenvalue weighted by Gasteiger charge is 2.13. The van der Waals surface area contributed by atoms with Gasteiger partial charge in [-0.05, 0) is 49.1 Å². The molecule has 0 radical (unpaired) electrons. The molecule has 0 atom stereocenters. The third kappa shape index (κ3) is 2.24. The Morgan fingerprint density at radius 3 is 2.83 bits per heavy atom. The van der Waals surface area contributed by atoms with Crippen LogP contribution >= 0.6 is 0 Å². The second kappa shape index (κ2) is 5.23. The number of hydrogen-bond donors (Lipinski definition) is 3. The number of nitrogens with one attached hydrogen (secondary N) is 1. The lowest BCUT2D eigenvalue weighted by Crippen LogP contribution is -2.01. The lowest BCUT2D eigenvalue weighted by atomic mass is 10.0. The number of aromatic nitrogens is 1. The topological polar surface area (TPSA) is 79.1 Å². The molecule has 0 aliphatic rings. The molecule has 0 saturated heterocycles. The Labute approximate surface area is 106 Å². The molecular formula is C14H18N2O2. The quantitative estimate of drug-likeness (QED) is 0.757. The number of H-pyrrole nitrogens is 1. The number of carboxylic acid groups (broad SMARTS) is 1. The Balaban J connectivity index is 2.57. The molecule has 4 heteroatoms. The van der Waals surface area contributed by atoms with Crippen LogP contribution in [0.15, 0.2) is 18.3 Å². The SMILES string of the molecule is CCc1cc(C(=O)O)c2[nH]cc(CCCN)c2c1. The van der Waals surface area contributed by atoms with E-state index in [9.17, 15) is 9.90 Å². The van der Waals surface area contributed by atoms with Gasteiger partial charge in [0.2, 0.25) is 0 Å². The first kappa shape index (κ1) is 12.6. The van der Waals surface area contributed by atoms with Crippen LogP contribution < -0.4 is 5.73 Å². The number of carbonyl (C=O) groups is 1. The van der Waals surface area contributed by atoms with E-state index in [-0.39, 0.29) is 0 Å². The normalized spacial score (nSPS) is 11.0. The molecule has 2 rings (SSSR count). The first-order valence-corrected chi connectivity index (χ1v) is 6.23. The molecule has 0 spiro atoms. The van der Waals surface area contributed by atoms with Crippen LogP contribution in [-0.2, 0) is 12.8 Å². The predicted octanol–water partition coefficient (Wildman–Crippen LogP) is 2.32. The Morgan fingerprint density at radius 2 is 2.22 bits per heavy atom. The van der Waals surface area contributed by atoms with E-state index >= 15 is 0 Å². The molecule has 18 heavy (non-hydrogen) atoms. The zero-order valence-electron chi connectivity index (χ0n) is 10.5. The molecule has 1 heterocycles. The number of rotatable bonds is 5. The van der Waals surface area contributed by atoms with Gasteiger partial charge in [0.05, 0.1) is 11.1 Å². The Bertz CT molecular complexity index is 572. The van der Waals surface area contributed by atoms with Gasteiger partial charge >= 0.3 is 5.97 Å². The van der Waals surface area contributed by atoms with E-state index in [4.69, 9.17) is 5.73 Å². The van der Waals surface area contributed by atoms with Gasteiger partial charge in [0.1, 0.15) is 0 Å². The molecule has 96 valence electrons. The molecule has 1 aromatic heterocycles. The van der Waals surface area contributed by atoms with Gasteiger partial charge < -0.3 is 15.8 Å². The summed E-state index contributed by atoms with van der Waals surface area (Å²) in [4.78, 5) is 14.3. The van der Waals surface area contributed by atoms with Crippen LogP contribution in [0.3, 0.4) is 0 Å². The van der Waals surface area contributed by atoms with E-state index in [1.54, 1.807) is 6.07 Å². The number of carboxylic acids is 1. The zero-order valence-corrected chi connectivity index (χ0v) is 10.5. The van der Waals surface area contributed by atoms with Crippen LogP contribution in [0.1, 0.15) is 34.8 Å². The largest absolute Gasteiger partial charge is 0.478 e. The lowest BCUT2D eigenvalue weighted by Gasteiger charge is -2.04. The molecule has 1 aromatic carbocycles. The maximum absolute atomic E-state index is 11.3. The highest BCUT2D eigenvalue weighted by atomic mass is 16.4. The minimum atomic E-state index is -0.887. The Morgan fingerprint density at radius 1 is 1.44 bits per heavy atom. The van der Waals surface area contributed by atoms with Crippen molar-refractivity contribution < 1.29 is 9.90 Å². The van der Waals surface area contributed by atoms with Crippen molar-refractivity contribution in [2.24, 2.45) is 5.73 Å². The van der Waals surface area contributed by atoms with Crippen LogP contribution in [0.25, 0.3) is 10.9 Å². The highest BCUT2D eigenvalue weighted by Crippen LogP contribution is 2.25. The van der Waals surface area contributed by atoms with Gasteiger partial charge in [-0.3, -0.25) is 0 Å². The molecule has 0 aliphatic heterocycles. The van der Waals surface area contributed by atoms with Crippen LogP contribution in [0, 0.1) is 0 Å². The molecule has 0 unspecified atom stereocenters. The monoisotopic (exact) mass is 246 g/mol. The fraction of sp³-hybridized carbons (Fsp3) is 0.357. The van der Waals surface area contributed by atoms with Gasteiger partial charge in [-0.1, -0.05) is 6.92 Å². The smallest absolute Gasteiger partial charge is 0.337 e. The Kier molecular flexibility index (Phi) is 3.67. The van der Waals surface area contributed by atoms with E-state index < -0.39 is 5.97 Å². The summed E-state index contributed by atoms with van der Waals surface area (Å²) in [5.74, 6) is -0.887. The van der Waals surface area contributed by atoms with Gasteiger partial charge in [0.25, 0.3) is 0 Å². The van der Waals surface area contributed by atoms with Gasteiger partial charge in [0.15, 0.2) is 0 Å². The summed E-state index contributed by atoms with van der Waals surface area (Å²) in [5.41, 5.74) is 8.78. The summed E-state index contributed by atoms with van der Waals surface area (Å²) in [6.45, 7) is 2.67. The molecule has 0 amide bonds. The van der Waals surface area contributed by atoms with Crippen molar-refractivity contribution in [3.05, 3.63) is 35.0 Å². The van der Waals surface area contributed by atoms with E-state index in [1.165, 1.54) is 0 Å². The summed E-state index contributed by atoms with van der Waals surface area (Å²) in [5, 5.41) is 10.3. The van der Waals surface area contributed by atoms with Crippen LogP contribution in [0.5, 0.6) is 0 Å². The molecule has 0 fully saturated rings. The average Bonchev–Trinajstić information content (AvgIpc) is 2.77. The number of hydrogen-bond acceptors (Lipinski definition) is 2. The summed E-state index contributed by atoms with van der Waals surface area (Å²) < 4.78 is 0. The van der Waals surface area contributed by atoms with Crippen molar-refractivity contribution >= 4 is 16.9 Å². The molecule has 0 saturated carbocycles. The number of fused-ring (bicyclic) bond motifs is 1. The van der Waals surface area contributed by atoms with Crippen molar-refractivity contribution in [2.75, 3.05) is 6.54 Å². The van der Waals surface area contributed by atoms with Crippen LogP contribution in [0.2, 0.25) is 0 Å². The maximum atomic E-state index is 11.3. The number of aromatic carboxylic acids is 1. The fourth-order valence-corrected chi connectivity index (χ4v) is 2.22. The molecular weight excluding hydrogens is 228 g/mol. The van der Waals surface area contributed by atoms with Crippen molar-refractivity contribution in [3.63, 3.8) is 0 Å². The molecule has 2 aromatic rings. The van der Waals surface area contributed by atoms with Crippen molar-refractivity contribution in [2.45, 2.75) is 26.2 Å². The number of aromatic amines is 1. The van der Waals surface area contributed by atoms with Crippen LogP contribution in [0.4, 0.5) is 0 Å². The van der Waals surface area contributed by atoms with Gasteiger partial charge in [-0.25, -0.2) is 4.79 Å². The third-order valence-electron chi connectivity index (χ3n) is 3.22. The van der Waals surface area contributed by atoms with Crippen molar-refractivity contribution in [1.82, 2.24) is 4.98 Å². The number of benzene rings is 1. The minimum Gasteiger partial charge on any atom is -0.478 e. The second-order valence-electron chi connectivity index (χ2n) is 4.43. The molecule has 4 N–H and O–H groups in total. The standard InChI is InChI=1S/C14H18N2O2/c1-2-9-6-11-10(4-3-5-15)8-16-13(11)12(7-9)14(17)18/h6-8,16H,2-5,15H2,1H3,(H,17,18). The number of aryl methyl sites for hydroxylation is 2. The minimum absolute atomic E-state index is 0.350. The van der Waals surface area contributed by atoms with Crippen molar-refractivity contribution in [1.29, 1.82) is 0 Å². The lowest BCUT2D eigenvalue weighted by molar-refractivity contribution is 0.0698. The van der Waals surface area contributed by atoms with Crippen LogP contribution in [-0.4, -0.2) is 22.6 Å². The van der Waals surface area contributed by atoms with E-state index in [0.717, 1.165) is 35.8 Å². The van der Waals surface area contributed by atoms with Gasteiger partial charge in [0, 0.05) is 11.6 Å². The van der Waals surface area contributed by atoms with Crippen molar-refractivity contribution in [3.8, 4) is 0 Å². The Hall–Kier alpha value is -1.81.